The van der Waals surface area contributed by atoms with Gasteiger partial charge in [0.15, 0.2) is 5.96 Å². The van der Waals surface area contributed by atoms with Gasteiger partial charge in [0.25, 0.3) is 0 Å². The lowest BCUT2D eigenvalue weighted by Crippen LogP contribution is -2.52. The molecule has 0 radical (unpaired) electrons. The fourth-order valence-corrected chi connectivity index (χ4v) is 4.12. The Morgan fingerprint density at radius 2 is 1.92 bits per heavy atom. The summed E-state index contributed by atoms with van der Waals surface area (Å²) >= 11 is 0. The SMILES string of the molecule is CCOC(=O)N1CCC(NC(=NC)NCC2(C3CC3)CCC2)CC1.I. The van der Waals surface area contributed by atoms with Gasteiger partial charge in [-0.3, -0.25) is 4.99 Å². The summed E-state index contributed by atoms with van der Waals surface area (Å²) in [6.07, 6.45) is 8.66. The standard InChI is InChI=1S/C18H32N4O2.HI/c1-3-24-17(23)22-11-7-15(8-12-22)21-16(19-2)20-13-18(9-4-10-18)14-5-6-14;/h14-15H,3-13H2,1-2H3,(H2,19,20,21);1H. The van der Waals surface area contributed by atoms with Crippen molar-refractivity contribution in [1.29, 1.82) is 0 Å². The molecule has 1 amide bonds. The maximum atomic E-state index is 11.8. The fraction of sp³-hybridized carbons (Fsp3) is 0.889. The first-order chi connectivity index (χ1) is 11.7. The highest BCUT2D eigenvalue weighted by atomic mass is 127. The molecular weight excluding hydrogens is 431 g/mol. The molecule has 0 spiro atoms. The number of nitrogens with zero attached hydrogens (tertiary/aromatic N) is 2. The van der Waals surface area contributed by atoms with Gasteiger partial charge in [-0.05, 0) is 56.8 Å². The predicted molar refractivity (Wildman–Crippen MR) is 111 cm³/mol. The smallest absolute Gasteiger partial charge is 0.409 e. The van der Waals surface area contributed by atoms with Crippen LogP contribution in [0.15, 0.2) is 4.99 Å². The molecule has 0 aromatic rings. The molecule has 25 heavy (non-hydrogen) atoms. The van der Waals surface area contributed by atoms with E-state index in [9.17, 15) is 4.79 Å². The van der Waals surface area contributed by atoms with E-state index in [-0.39, 0.29) is 30.1 Å². The summed E-state index contributed by atoms with van der Waals surface area (Å²) in [6.45, 7) is 4.84. The fourth-order valence-electron chi connectivity index (χ4n) is 4.12. The number of piperidine rings is 1. The summed E-state index contributed by atoms with van der Waals surface area (Å²) in [6, 6.07) is 0.375. The zero-order valence-corrected chi connectivity index (χ0v) is 17.9. The van der Waals surface area contributed by atoms with Crippen molar-refractivity contribution in [3.63, 3.8) is 0 Å². The third-order valence-corrected chi connectivity index (χ3v) is 5.99. The lowest BCUT2D eigenvalue weighted by molar-refractivity contribution is 0.0958. The summed E-state index contributed by atoms with van der Waals surface area (Å²) in [7, 11) is 1.84. The summed E-state index contributed by atoms with van der Waals surface area (Å²) in [5.74, 6) is 1.86. The first-order valence-corrected chi connectivity index (χ1v) is 9.56. The number of guanidine groups is 1. The summed E-state index contributed by atoms with van der Waals surface area (Å²) in [4.78, 5) is 17.9. The third kappa shape index (κ3) is 5.14. The lowest BCUT2D eigenvalue weighted by Gasteiger charge is -2.43. The molecule has 3 fully saturated rings. The molecule has 3 rings (SSSR count). The zero-order valence-electron chi connectivity index (χ0n) is 15.6. The van der Waals surface area contributed by atoms with Gasteiger partial charge in [0.1, 0.15) is 0 Å². The van der Waals surface area contributed by atoms with Crippen molar-refractivity contribution in [1.82, 2.24) is 15.5 Å². The van der Waals surface area contributed by atoms with Crippen LogP contribution in [0, 0.1) is 11.3 Å². The molecular formula is C18H33IN4O2. The maximum Gasteiger partial charge on any atom is 0.409 e. The third-order valence-electron chi connectivity index (χ3n) is 5.99. The molecule has 1 heterocycles. The van der Waals surface area contributed by atoms with Gasteiger partial charge in [-0.15, -0.1) is 24.0 Å². The van der Waals surface area contributed by atoms with Crippen LogP contribution >= 0.6 is 24.0 Å². The van der Waals surface area contributed by atoms with Gasteiger partial charge in [0, 0.05) is 32.7 Å². The Morgan fingerprint density at radius 1 is 1.24 bits per heavy atom. The van der Waals surface area contributed by atoms with Crippen LogP contribution in [0.2, 0.25) is 0 Å². The van der Waals surface area contributed by atoms with Crippen LogP contribution in [0.3, 0.4) is 0 Å². The first kappa shape index (κ1) is 20.6. The van der Waals surface area contributed by atoms with Gasteiger partial charge in [0.05, 0.1) is 6.61 Å². The van der Waals surface area contributed by atoms with Gasteiger partial charge >= 0.3 is 6.09 Å². The minimum absolute atomic E-state index is 0. The van der Waals surface area contributed by atoms with E-state index in [0.717, 1.165) is 44.4 Å². The Balaban J connectivity index is 0.00000225. The zero-order chi connectivity index (χ0) is 17.0. The van der Waals surface area contributed by atoms with Gasteiger partial charge in [-0.1, -0.05) is 6.42 Å². The molecule has 2 aliphatic carbocycles. The molecule has 0 aromatic carbocycles. The Labute approximate surface area is 168 Å². The highest BCUT2D eigenvalue weighted by Gasteiger charge is 2.48. The average molecular weight is 464 g/mol. The van der Waals surface area contributed by atoms with Crippen molar-refractivity contribution in [2.75, 3.05) is 33.3 Å². The molecule has 2 N–H and O–H groups in total. The van der Waals surface area contributed by atoms with Crippen LogP contribution < -0.4 is 10.6 Å². The molecule has 1 aliphatic heterocycles. The Hall–Kier alpha value is -0.730. The topological polar surface area (TPSA) is 66.0 Å². The van der Waals surface area contributed by atoms with E-state index in [1.165, 1.54) is 32.1 Å². The van der Waals surface area contributed by atoms with Crippen molar-refractivity contribution >= 4 is 36.0 Å². The van der Waals surface area contributed by atoms with Gasteiger partial charge in [0.2, 0.25) is 0 Å². The number of carbonyl (C=O) groups excluding carboxylic acids is 1. The van der Waals surface area contributed by atoms with Crippen LogP contribution in [0.1, 0.15) is 51.9 Å². The van der Waals surface area contributed by atoms with E-state index < -0.39 is 0 Å². The Kier molecular flexibility index (Phi) is 7.64. The number of hydrogen-bond donors (Lipinski definition) is 2. The molecule has 0 atom stereocenters. The van der Waals surface area contributed by atoms with Crippen LogP contribution in [0.4, 0.5) is 4.79 Å². The molecule has 2 saturated carbocycles. The van der Waals surface area contributed by atoms with Crippen LogP contribution in [-0.4, -0.2) is 56.3 Å². The summed E-state index contributed by atoms with van der Waals surface area (Å²) in [5.41, 5.74) is 0.547. The number of nitrogens with one attached hydrogen (secondary N) is 2. The second-order valence-electron chi connectivity index (χ2n) is 7.52. The number of halogens is 1. The van der Waals surface area contributed by atoms with Gasteiger partial charge < -0.3 is 20.3 Å². The number of amides is 1. The second kappa shape index (κ2) is 9.28. The van der Waals surface area contributed by atoms with Gasteiger partial charge in [-0.2, -0.15) is 0 Å². The normalized spacial score (nSPS) is 23.3. The number of ether oxygens (including phenoxy) is 1. The summed E-state index contributed by atoms with van der Waals surface area (Å²) < 4.78 is 5.07. The number of rotatable bonds is 5. The molecule has 1 saturated heterocycles. The highest BCUT2D eigenvalue weighted by molar-refractivity contribution is 14.0. The van der Waals surface area contributed by atoms with E-state index in [2.05, 4.69) is 15.6 Å². The van der Waals surface area contributed by atoms with Crippen molar-refractivity contribution in [3.8, 4) is 0 Å². The minimum Gasteiger partial charge on any atom is -0.450 e. The van der Waals surface area contributed by atoms with Crippen molar-refractivity contribution < 1.29 is 9.53 Å². The van der Waals surface area contributed by atoms with E-state index in [1.54, 1.807) is 4.90 Å². The van der Waals surface area contributed by atoms with E-state index in [1.807, 2.05) is 14.0 Å². The predicted octanol–water partition coefficient (Wildman–Crippen LogP) is 2.97. The second-order valence-corrected chi connectivity index (χ2v) is 7.52. The quantitative estimate of drug-likeness (QED) is 0.373. The molecule has 7 heteroatoms. The molecule has 0 bridgehead atoms. The van der Waals surface area contributed by atoms with Crippen molar-refractivity contribution in [2.45, 2.75) is 57.9 Å². The first-order valence-electron chi connectivity index (χ1n) is 9.56. The summed E-state index contributed by atoms with van der Waals surface area (Å²) in [5, 5.41) is 7.11. The number of aliphatic imine (C=N–C) groups is 1. The monoisotopic (exact) mass is 464 g/mol. The number of hydrogen-bond acceptors (Lipinski definition) is 3. The number of carbonyl (C=O) groups is 1. The molecule has 0 unspecified atom stereocenters. The van der Waals surface area contributed by atoms with Crippen LogP contribution in [0.5, 0.6) is 0 Å². The molecule has 144 valence electrons. The van der Waals surface area contributed by atoms with E-state index in [4.69, 9.17) is 4.74 Å². The molecule has 6 nitrogen and oxygen atoms in total. The van der Waals surface area contributed by atoms with Gasteiger partial charge in [-0.25, -0.2) is 4.79 Å². The Morgan fingerprint density at radius 3 is 2.40 bits per heavy atom. The average Bonchev–Trinajstić information content (AvgIpc) is 3.39. The van der Waals surface area contributed by atoms with Crippen LogP contribution in [-0.2, 0) is 4.74 Å². The van der Waals surface area contributed by atoms with Crippen molar-refractivity contribution in [2.24, 2.45) is 16.3 Å². The van der Waals surface area contributed by atoms with Crippen LogP contribution in [0.25, 0.3) is 0 Å². The Bertz CT molecular complexity index is 470. The van der Waals surface area contributed by atoms with E-state index >= 15 is 0 Å². The lowest BCUT2D eigenvalue weighted by atomic mass is 9.65. The molecule has 3 aliphatic rings. The minimum atomic E-state index is -0.185. The number of likely N-dealkylation sites (tertiary alicyclic amines) is 1. The van der Waals surface area contributed by atoms with E-state index in [0.29, 0.717) is 18.1 Å². The molecule has 0 aromatic heterocycles. The maximum absolute atomic E-state index is 11.8. The van der Waals surface area contributed by atoms with Crippen molar-refractivity contribution in [3.05, 3.63) is 0 Å². The highest BCUT2D eigenvalue weighted by Crippen LogP contribution is 2.56. The largest absolute Gasteiger partial charge is 0.450 e.